The Morgan fingerprint density at radius 1 is 1.16 bits per heavy atom. The van der Waals surface area contributed by atoms with E-state index in [1.807, 2.05) is 19.1 Å². The molecule has 138 valence electrons. The summed E-state index contributed by atoms with van der Waals surface area (Å²) in [5, 5.41) is 3.10. The molecule has 10 heteroatoms. The highest BCUT2D eigenvalue weighted by atomic mass is 32.2. The monoisotopic (exact) mass is 389 g/mol. The zero-order valence-electron chi connectivity index (χ0n) is 14.2. The summed E-state index contributed by atoms with van der Waals surface area (Å²) in [6.07, 6.45) is 0. The van der Waals surface area contributed by atoms with Crippen molar-refractivity contribution < 1.29 is 31.8 Å². The van der Waals surface area contributed by atoms with Crippen LogP contribution in [-0.4, -0.2) is 45.4 Å². The van der Waals surface area contributed by atoms with Gasteiger partial charge in [0.1, 0.15) is 5.75 Å². The molecule has 8 nitrogen and oxygen atoms in total. The summed E-state index contributed by atoms with van der Waals surface area (Å²) >= 11 is 0.895. The van der Waals surface area contributed by atoms with E-state index in [1.165, 1.54) is 6.92 Å². The van der Waals surface area contributed by atoms with Crippen molar-refractivity contribution in [2.45, 2.75) is 18.7 Å². The summed E-state index contributed by atoms with van der Waals surface area (Å²) in [6.45, 7) is 3.28. The van der Waals surface area contributed by atoms with Gasteiger partial charge in [-0.25, -0.2) is 4.79 Å². The Kier molecular flexibility index (Phi) is 7.91. The molecule has 0 radical (unpaired) electrons. The van der Waals surface area contributed by atoms with Gasteiger partial charge in [-0.1, -0.05) is 41.5 Å². The third-order valence-corrected chi connectivity index (χ3v) is 5.04. The van der Waals surface area contributed by atoms with Gasteiger partial charge in [0, 0.05) is 4.90 Å². The first-order valence-corrected chi connectivity index (χ1v) is 9.48. The van der Waals surface area contributed by atoms with Crippen molar-refractivity contribution in [1.82, 2.24) is 0 Å². The number of carbonyl (C=O) groups is 2. The SMILES string of the molecule is COC(=O)C(=NOS(=O)(=O)CC(C)C(=O)OC)Sc1ccc(C)cc1. The van der Waals surface area contributed by atoms with E-state index in [0.717, 1.165) is 31.5 Å². The lowest BCUT2D eigenvalue weighted by Crippen LogP contribution is -2.23. The number of oxime groups is 1. The highest BCUT2D eigenvalue weighted by Gasteiger charge is 2.25. The van der Waals surface area contributed by atoms with E-state index < -0.39 is 33.7 Å². The van der Waals surface area contributed by atoms with Gasteiger partial charge in [-0.15, -0.1) is 0 Å². The smallest absolute Gasteiger partial charge is 0.367 e. The van der Waals surface area contributed by atoms with Crippen LogP contribution in [0.25, 0.3) is 0 Å². The number of aryl methyl sites for hydroxylation is 1. The van der Waals surface area contributed by atoms with Gasteiger partial charge in [-0.05, 0) is 19.1 Å². The van der Waals surface area contributed by atoms with Gasteiger partial charge in [0.25, 0.3) is 0 Å². The Hall–Kier alpha value is -2.07. The van der Waals surface area contributed by atoms with Crippen LogP contribution in [0.4, 0.5) is 0 Å². The first kappa shape index (κ1) is 21.0. The summed E-state index contributed by atoms with van der Waals surface area (Å²) in [7, 11) is -1.89. The lowest BCUT2D eigenvalue weighted by Gasteiger charge is -2.09. The molecule has 0 N–H and O–H groups in total. The second kappa shape index (κ2) is 9.42. The third kappa shape index (κ3) is 7.14. The molecule has 1 aromatic rings. The average Bonchev–Trinajstić information content (AvgIpc) is 2.58. The standard InChI is InChI=1S/C15H19NO7S2/c1-10-5-7-12(8-6-10)24-13(15(18)22-4)16-23-25(19,20)9-11(2)14(17)21-3/h5-8,11H,9H2,1-4H3. The van der Waals surface area contributed by atoms with Crippen molar-refractivity contribution in [1.29, 1.82) is 0 Å². The molecule has 1 rings (SSSR count). The zero-order valence-corrected chi connectivity index (χ0v) is 15.8. The predicted molar refractivity (Wildman–Crippen MR) is 92.5 cm³/mol. The second-order valence-electron chi connectivity index (χ2n) is 5.03. The number of carbonyl (C=O) groups excluding carboxylic acids is 2. The number of esters is 2. The number of ether oxygens (including phenoxy) is 2. The van der Waals surface area contributed by atoms with Gasteiger partial charge < -0.3 is 9.47 Å². The van der Waals surface area contributed by atoms with Gasteiger partial charge in [-0.3, -0.25) is 9.08 Å². The molecule has 0 aromatic heterocycles. The van der Waals surface area contributed by atoms with E-state index in [2.05, 4.69) is 18.9 Å². The van der Waals surface area contributed by atoms with E-state index in [1.54, 1.807) is 12.1 Å². The summed E-state index contributed by atoms with van der Waals surface area (Å²) < 4.78 is 37.3. The number of nitrogens with zero attached hydrogens (tertiary/aromatic N) is 1. The molecular weight excluding hydrogens is 370 g/mol. The number of thioether (sulfide) groups is 1. The van der Waals surface area contributed by atoms with E-state index in [0.29, 0.717) is 4.90 Å². The summed E-state index contributed by atoms with van der Waals surface area (Å²) in [5.41, 5.74) is 1.02. The van der Waals surface area contributed by atoms with Crippen LogP contribution in [-0.2, 0) is 33.5 Å². The highest BCUT2D eigenvalue weighted by Crippen LogP contribution is 2.21. The molecule has 0 heterocycles. The van der Waals surface area contributed by atoms with Crippen LogP contribution >= 0.6 is 11.8 Å². The van der Waals surface area contributed by atoms with E-state index >= 15 is 0 Å². The van der Waals surface area contributed by atoms with Crippen molar-refractivity contribution in [3.63, 3.8) is 0 Å². The maximum absolute atomic E-state index is 11.9. The maximum atomic E-state index is 11.9. The van der Waals surface area contributed by atoms with E-state index in [4.69, 9.17) is 0 Å². The normalized spacial score (nSPS) is 13.0. The van der Waals surface area contributed by atoms with Crippen LogP contribution in [0.5, 0.6) is 0 Å². The Labute approximate surface area is 150 Å². The summed E-state index contributed by atoms with van der Waals surface area (Å²) in [6, 6.07) is 7.14. The lowest BCUT2D eigenvalue weighted by molar-refractivity contribution is -0.144. The van der Waals surface area contributed by atoms with Gasteiger partial charge >= 0.3 is 22.1 Å². The minimum absolute atomic E-state index is 0.291. The van der Waals surface area contributed by atoms with Gasteiger partial charge in [0.05, 0.1) is 20.1 Å². The van der Waals surface area contributed by atoms with E-state index in [9.17, 15) is 18.0 Å². The fourth-order valence-corrected chi connectivity index (χ4v) is 3.38. The number of methoxy groups -OCH3 is 2. The quantitative estimate of drug-likeness (QED) is 0.238. The Morgan fingerprint density at radius 3 is 2.28 bits per heavy atom. The average molecular weight is 389 g/mol. The molecule has 0 spiro atoms. The molecule has 1 unspecified atom stereocenters. The molecule has 1 atom stereocenters. The molecule has 0 bridgehead atoms. The maximum Gasteiger partial charge on any atom is 0.367 e. The first-order chi connectivity index (χ1) is 11.7. The van der Waals surface area contributed by atoms with Crippen molar-refractivity contribution >= 4 is 38.9 Å². The topological polar surface area (TPSA) is 108 Å². The Morgan fingerprint density at radius 2 is 1.76 bits per heavy atom. The second-order valence-corrected chi connectivity index (χ2v) is 7.69. The highest BCUT2D eigenvalue weighted by molar-refractivity contribution is 8.15. The molecule has 0 aliphatic carbocycles. The molecule has 0 saturated carbocycles. The molecule has 0 saturated heterocycles. The van der Waals surface area contributed by atoms with Gasteiger partial charge in [0.2, 0.25) is 5.04 Å². The molecule has 1 aromatic carbocycles. The van der Waals surface area contributed by atoms with Gasteiger partial charge in [-0.2, -0.15) is 8.42 Å². The van der Waals surface area contributed by atoms with Gasteiger partial charge in [0.15, 0.2) is 0 Å². The first-order valence-electron chi connectivity index (χ1n) is 7.08. The molecule has 0 aliphatic rings. The molecule has 0 fully saturated rings. The van der Waals surface area contributed by atoms with Crippen LogP contribution in [0.15, 0.2) is 34.3 Å². The predicted octanol–water partition coefficient (Wildman–Crippen LogP) is 1.73. The molecule has 25 heavy (non-hydrogen) atoms. The minimum atomic E-state index is -4.18. The fraction of sp³-hybridized carbons (Fsp3) is 0.400. The minimum Gasteiger partial charge on any atom is -0.469 e. The summed E-state index contributed by atoms with van der Waals surface area (Å²) in [4.78, 5) is 23.7. The summed E-state index contributed by atoms with van der Waals surface area (Å²) in [5.74, 6) is -3.11. The van der Waals surface area contributed by atoms with Crippen molar-refractivity contribution in [2.75, 3.05) is 20.0 Å². The van der Waals surface area contributed by atoms with Crippen LogP contribution in [0.3, 0.4) is 0 Å². The van der Waals surface area contributed by atoms with Crippen LogP contribution in [0.1, 0.15) is 12.5 Å². The van der Waals surface area contributed by atoms with Crippen molar-refractivity contribution in [3.8, 4) is 0 Å². The van der Waals surface area contributed by atoms with E-state index in [-0.39, 0.29) is 5.04 Å². The number of rotatable bonds is 6. The Bertz CT molecular complexity index is 742. The zero-order chi connectivity index (χ0) is 19.0. The lowest BCUT2D eigenvalue weighted by atomic mass is 10.2. The third-order valence-electron chi connectivity index (χ3n) is 2.89. The number of hydrogen-bond acceptors (Lipinski definition) is 9. The number of benzene rings is 1. The number of hydrogen-bond donors (Lipinski definition) is 0. The molecule has 0 amide bonds. The molecular formula is C15H19NO7S2. The fourth-order valence-electron chi connectivity index (χ4n) is 1.60. The Balaban J connectivity index is 2.90. The van der Waals surface area contributed by atoms with Crippen LogP contribution in [0, 0.1) is 12.8 Å². The van der Waals surface area contributed by atoms with Crippen molar-refractivity contribution in [3.05, 3.63) is 29.8 Å². The van der Waals surface area contributed by atoms with Crippen LogP contribution < -0.4 is 0 Å². The molecule has 0 aliphatic heterocycles. The largest absolute Gasteiger partial charge is 0.469 e. The van der Waals surface area contributed by atoms with Crippen LogP contribution in [0.2, 0.25) is 0 Å². The van der Waals surface area contributed by atoms with Crippen molar-refractivity contribution in [2.24, 2.45) is 11.1 Å².